The van der Waals surface area contributed by atoms with Gasteiger partial charge >= 0.3 is 0 Å². The molecule has 0 aliphatic rings. The van der Waals surface area contributed by atoms with Gasteiger partial charge in [-0.3, -0.25) is 20.0 Å². The van der Waals surface area contributed by atoms with Gasteiger partial charge in [-0.2, -0.15) is 4.98 Å². The van der Waals surface area contributed by atoms with E-state index in [1.54, 1.807) is 37.4 Å². The van der Waals surface area contributed by atoms with Gasteiger partial charge in [0, 0.05) is 12.1 Å². The van der Waals surface area contributed by atoms with Crippen LogP contribution in [0.2, 0.25) is 0 Å². The lowest BCUT2D eigenvalue weighted by atomic mass is 10.1. The lowest BCUT2D eigenvalue weighted by Crippen LogP contribution is -2.21. The van der Waals surface area contributed by atoms with Gasteiger partial charge in [-0.05, 0) is 41.3 Å². The molecule has 9 heteroatoms. The molecule has 2 heterocycles. The molecule has 0 aliphatic heterocycles. The number of carbonyl (C=O) groups excluding carboxylic acids is 2. The highest BCUT2D eigenvalue weighted by Crippen LogP contribution is 2.27. The quantitative estimate of drug-likeness (QED) is 0.412. The van der Waals surface area contributed by atoms with Crippen LogP contribution in [0.3, 0.4) is 0 Å². The number of nitrogens with zero attached hydrogens (tertiary/aromatic N) is 2. The summed E-state index contributed by atoms with van der Waals surface area (Å²) in [6.45, 7) is 0.377. The van der Waals surface area contributed by atoms with Gasteiger partial charge in [0.2, 0.25) is 5.95 Å². The van der Waals surface area contributed by atoms with E-state index in [4.69, 9.17) is 4.74 Å². The molecule has 0 saturated heterocycles. The summed E-state index contributed by atoms with van der Waals surface area (Å²) in [5.41, 5.74) is 2.08. The minimum Gasteiger partial charge on any atom is -0.496 e. The number of H-pyrrole nitrogens is 1. The normalized spacial score (nSPS) is 10.5. The zero-order chi connectivity index (χ0) is 21.6. The zero-order valence-corrected chi connectivity index (χ0v) is 17.4. The van der Waals surface area contributed by atoms with Crippen LogP contribution >= 0.6 is 11.3 Å². The van der Waals surface area contributed by atoms with Crippen LogP contribution < -0.4 is 15.4 Å². The van der Waals surface area contributed by atoms with E-state index in [2.05, 4.69) is 25.8 Å². The summed E-state index contributed by atoms with van der Waals surface area (Å²) in [7, 11) is 1.58. The Morgan fingerprint density at radius 1 is 1.03 bits per heavy atom. The molecule has 31 heavy (non-hydrogen) atoms. The average Bonchev–Trinajstić information content (AvgIpc) is 3.50. The van der Waals surface area contributed by atoms with Crippen molar-refractivity contribution in [2.45, 2.75) is 6.54 Å². The third-order valence-corrected chi connectivity index (χ3v) is 5.36. The molecule has 0 unspecified atom stereocenters. The molecule has 0 bridgehead atoms. The number of anilines is 1. The molecule has 0 aliphatic carbocycles. The number of aromatic amines is 1. The van der Waals surface area contributed by atoms with E-state index in [1.807, 2.05) is 35.7 Å². The van der Waals surface area contributed by atoms with Gasteiger partial charge < -0.3 is 10.1 Å². The highest BCUT2D eigenvalue weighted by Gasteiger charge is 2.13. The lowest BCUT2D eigenvalue weighted by molar-refractivity contribution is 0.0953. The molecule has 0 saturated carbocycles. The fourth-order valence-corrected chi connectivity index (χ4v) is 3.54. The van der Waals surface area contributed by atoms with Crippen molar-refractivity contribution < 1.29 is 14.3 Å². The Labute approximate surface area is 182 Å². The van der Waals surface area contributed by atoms with Crippen LogP contribution in [-0.4, -0.2) is 34.1 Å². The predicted molar refractivity (Wildman–Crippen MR) is 118 cm³/mol. The molecule has 2 amide bonds. The Morgan fingerprint density at radius 3 is 2.58 bits per heavy atom. The van der Waals surface area contributed by atoms with E-state index in [1.165, 1.54) is 11.3 Å². The van der Waals surface area contributed by atoms with Crippen molar-refractivity contribution in [3.05, 3.63) is 82.0 Å². The Kier molecular flexibility index (Phi) is 6.04. The summed E-state index contributed by atoms with van der Waals surface area (Å²) in [5.74, 6) is 0.855. The van der Waals surface area contributed by atoms with E-state index in [0.717, 1.165) is 11.1 Å². The molecule has 2 aromatic carbocycles. The van der Waals surface area contributed by atoms with Crippen LogP contribution in [0.15, 0.2) is 66.0 Å². The monoisotopic (exact) mass is 433 g/mol. The number of thiophene rings is 1. The second-order valence-corrected chi connectivity index (χ2v) is 7.47. The molecule has 0 fully saturated rings. The number of aromatic nitrogens is 3. The summed E-state index contributed by atoms with van der Waals surface area (Å²) < 4.78 is 5.33. The first-order valence-electron chi connectivity index (χ1n) is 9.42. The summed E-state index contributed by atoms with van der Waals surface area (Å²) in [5, 5.41) is 14.2. The van der Waals surface area contributed by atoms with Crippen LogP contribution in [0.1, 0.15) is 25.6 Å². The van der Waals surface area contributed by atoms with Crippen LogP contribution in [0, 0.1) is 0 Å². The van der Waals surface area contributed by atoms with Crippen molar-refractivity contribution in [1.29, 1.82) is 0 Å². The maximum absolute atomic E-state index is 12.5. The average molecular weight is 433 g/mol. The summed E-state index contributed by atoms with van der Waals surface area (Å²) >= 11 is 1.39. The van der Waals surface area contributed by atoms with Gasteiger partial charge in [0.1, 0.15) is 5.75 Å². The number of rotatable bonds is 7. The number of amides is 2. The second-order valence-electron chi connectivity index (χ2n) is 6.52. The van der Waals surface area contributed by atoms with E-state index in [9.17, 15) is 9.59 Å². The predicted octanol–water partition coefficient (Wildman–Crippen LogP) is 3.72. The van der Waals surface area contributed by atoms with Gasteiger partial charge in [-0.15, -0.1) is 16.4 Å². The number of nitrogens with one attached hydrogen (secondary N) is 3. The molecule has 156 valence electrons. The van der Waals surface area contributed by atoms with Crippen molar-refractivity contribution in [1.82, 2.24) is 20.5 Å². The van der Waals surface area contributed by atoms with Crippen LogP contribution in [-0.2, 0) is 6.54 Å². The molecule has 2 aromatic heterocycles. The van der Waals surface area contributed by atoms with Gasteiger partial charge in [0.25, 0.3) is 11.8 Å². The van der Waals surface area contributed by atoms with E-state index < -0.39 is 0 Å². The van der Waals surface area contributed by atoms with Crippen LogP contribution in [0.25, 0.3) is 11.4 Å². The first-order chi connectivity index (χ1) is 15.1. The molecule has 0 atom stereocenters. The summed E-state index contributed by atoms with van der Waals surface area (Å²) in [6.07, 6.45) is 0. The maximum Gasteiger partial charge on any atom is 0.261 e. The number of hydrogen-bond donors (Lipinski definition) is 3. The Morgan fingerprint density at radius 2 is 1.84 bits per heavy atom. The number of carbonyl (C=O) groups is 2. The van der Waals surface area contributed by atoms with Gasteiger partial charge in [0.15, 0.2) is 5.82 Å². The van der Waals surface area contributed by atoms with Gasteiger partial charge in [-0.1, -0.05) is 30.3 Å². The van der Waals surface area contributed by atoms with E-state index in [0.29, 0.717) is 28.6 Å². The Hall–Kier alpha value is -3.98. The van der Waals surface area contributed by atoms with Crippen molar-refractivity contribution in [2.24, 2.45) is 0 Å². The fraction of sp³-hybridized carbons (Fsp3) is 0.0909. The molecule has 3 N–H and O–H groups in total. The summed E-state index contributed by atoms with van der Waals surface area (Å²) in [4.78, 5) is 29.5. The minimum atomic E-state index is -0.334. The number of methoxy groups -OCH3 is 1. The largest absolute Gasteiger partial charge is 0.496 e. The first kappa shape index (κ1) is 20.3. The van der Waals surface area contributed by atoms with E-state index >= 15 is 0 Å². The third-order valence-electron chi connectivity index (χ3n) is 4.49. The highest BCUT2D eigenvalue weighted by atomic mass is 32.1. The fourth-order valence-electron chi connectivity index (χ4n) is 2.90. The van der Waals surface area contributed by atoms with Crippen molar-refractivity contribution in [3.63, 3.8) is 0 Å². The number of benzene rings is 2. The van der Waals surface area contributed by atoms with Crippen molar-refractivity contribution in [2.75, 3.05) is 12.4 Å². The lowest BCUT2D eigenvalue weighted by Gasteiger charge is -2.06. The number of ether oxygens (including phenoxy) is 1. The van der Waals surface area contributed by atoms with Crippen LogP contribution in [0.5, 0.6) is 5.75 Å². The topological polar surface area (TPSA) is 109 Å². The molecule has 0 spiro atoms. The van der Waals surface area contributed by atoms with Gasteiger partial charge in [0.05, 0.1) is 17.6 Å². The molecular weight excluding hydrogens is 414 g/mol. The molecule has 0 radical (unpaired) electrons. The van der Waals surface area contributed by atoms with E-state index in [-0.39, 0.29) is 17.8 Å². The van der Waals surface area contributed by atoms with Crippen molar-refractivity contribution >= 4 is 29.1 Å². The molecule has 8 nitrogen and oxygen atoms in total. The maximum atomic E-state index is 12.5. The Balaban J connectivity index is 1.37. The third kappa shape index (κ3) is 4.78. The number of para-hydroxylation sites is 1. The Bertz CT molecular complexity index is 1190. The molecular formula is C22H19N5O3S. The molecule has 4 rings (SSSR count). The minimum absolute atomic E-state index is 0.118. The zero-order valence-electron chi connectivity index (χ0n) is 16.6. The van der Waals surface area contributed by atoms with Crippen LogP contribution in [0.4, 0.5) is 5.95 Å². The smallest absolute Gasteiger partial charge is 0.261 e. The standard InChI is InChI=1S/C22H19N5O3S/c1-30-17-6-3-2-5-16(17)19-24-22(27-26-19)25-20(28)15-10-8-14(9-11-15)13-23-21(29)18-7-4-12-31-18/h2-12H,13H2,1H3,(H,23,29)(H2,24,25,26,27,28). The highest BCUT2D eigenvalue weighted by molar-refractivity contribution is 7.12. The first-order valence-corrected chi connectivity index (χ1v) is 10.3. The summed E-state index contributed by atoms with van der Waals surface area (Å²) in [6, 6.07) is 18.0. The SMILES string of the molecule is COc1ccccc1-c1nc(NC(=O)c2ccc(CNC(=O)c3cccs3)cc2)n[nH]1. The van der Waals surface area contributed by atoms with Gasteiger partial charge in [-0.25, -0.2) is 0 Å². The number of hydrogen-bond acceptors (Lipinski definition) is 6. The van der Waals surface area contributed by atoms with Crippen molar-refractivity contribution in [3.8, 4) is 17.1 Å². The molecule has 4 aromatic rings. The second kappa shape index (κ2) is 9.23.